The molecule has 0 aliphatic rings. The number of hydrogen-bond donors (Lipinski definition) is 1. The van der Waals surface area contributed by atoms with Gasteiger partial charge < -0.3 is 10.5 Å². The molecule has 0 radical (unpaired) electrons. The minimum Gasteiger partial charge on any atom is -0.492 e. The maximum atomic E-state index is 6.16. The number of nitrogens with zero attached hydrogens (tertiary/aromatic N) is 2. The Morgan fingerprint density at radius 2 is 2.24 bits per heavy atom. The molecule has 2 aromatic rings. The summed E-state index contributed by atoms with van der Waals surface area (Å²) >= 11 is 9.52. The monoisotopic (exact) mass is 371 g/mol. The molecule has 0 amide bonds. The van der Waals surface area contributed by atoms with E-state index in [1.54, 1.807) is 6.07 Å². The van der Waals surface area contributed by atoms with Crippen molar-refractivity contribution >= 4 is 27.5 Å². The SMILES string of the molecule is CCc1nn(C)c(CC(N)COc2cccc(Cl)c2)c1Br. The summed E-state index contributed by atoms with van der Waals surface area (Å²) in [6.45, 7) is 2.51. The average Bonchev–Trinajstić information content (AvgIpc) is 2.72. The van der Waals surface area contributed by atoms with Gasteiger partial charge in [-0.3, -0.25) is 4.68 Å². The van der Waals surface area contributed by atoms with Crippen LogP contribution in [0.3, 0.4) is 0 Å². The molecule has 2 rings (SSSR count). The third-order valence-corrected chi connectivity index (χ3v) is 4.37. The van der Waals surface area contributed by atoms with Crippen LogP contribution in [0.25, 0.3) is 0 Å². The van der Waals surface area contributed by atoms with Crippen LogP contribution in [-0.2, 0) is 19.9 Å². The van der Waals surface area contributed by atoms with Crippen LogP contribution in [0.5, 0.6) is 5.75 Å². The Morgan fingerprint density at radius 3 is 2.86 bits per heavy atom. The fourth-order valence-electron chi connectivity index (χ4n) is 2.11. The van der Waals surface area contributed by atoms with Gasteiger partial charge in [-0.2, -0.15) is 5.10 Å². The lowest BCUT2D eigenvalue weighted by atomic mass is 10.1. The number of nitrogens with two attached hydrogens (primary N) is 1. The molecule has 2 N–H and O–H groups in total. The number of aromatic nitrogens is 2. The Hall–Kier alpha value is -1.04. The molecule has 0 aliphatic carbocycles. The van der Waals surface area contributed by atoms with Gasteiger partial charge in [0.25, 0.3) is 0 Å². The van der Waals surface area contributed by atoms with E-state index in [2.05, 4.69) is 28.0 Å². The lowest BCUT2D eigenvalue weighted by molar-refractivity contribution is 0.286. The van der Waals surface area contributed by atoms with Crippen LogP contribution >= 0.6 is 27.5 Å². The van der Waals surface area contributed by atoms with Gasteiger partial charge in [0.15, 0.2) is 0 Å². The highest BCUT2D eigenvalue weighted by atomic mass is 79.9. The summed E-state index contributed by atoms with van der Waals surface area (Å²) in [4.78, 5) is 0. The normalized spacial score (nSPS) is 12.4. The minimum atomic E-state index is -0.111. The van der Waals surface area contributed by atoms with E-state index in [1.165, 1.54) is 0 Å². The fraction of sp³-hybridized carbons (Fsp3) is 0.400. The zero-order valence-electron chi connectivity index (χ0n) is 12.1. The molecule has 4 nitrogen and oxygen atoms in total. The standard InChI is InChI=1S/C15H19BrClN3O/c1-3-13-15(16)14(20(2)19-13)8-11(18)9-21-12-6-4-5-10(17)7-12/h4-7,11H,3,8-9,18H2,1-2H3. The van der Waals surface area contributed by atoms with Crippen LogP contribution in [0, 0.1) is 0 Å². The van der Waals surface area contributed by atoms with E-state index < -0.39 is 0 Å². The van der Waals surface area contributed by atoms with Gasteiger partial charge in [-0.05, 0) is 40.5 Å². The lowest BCUT2D eigenvalue weighted by Crippen LogP contribution is -2.31. The molecule has 0 aliphatic heterocycles. The Bertz CT molecular complexity index is 615. The smallest absolute Gasteiger partial charge is 0.120 e. The Kier molecular flexibility index (Phi) is 5.67. The maximum Gasteiger partial charge on any atom is 0.120 e. The Labute approximate surface area is 138 Å². The third-order valence-electron chi connectivity index (χ3n) is 3.22. The second-order valence-corrected chi connectivity index (χ2v) is 6.15. The zero-order chi connectivity index (χ0) is 15.4. The number of ether oxygens (including phenoxy) is 1. The van der Waals surface area contributed by atoms with Crippen molar-refractivity contribution in [2.45, 2.75) is 25.8 Å². The van der Waals surface area contributed by atoms with E-state index in [1.807, 2.05) is 29.9 Å². The van der Waals surface area contributed by atoms with Crippen molar-refractivity contribution in [1.29, 1.82) is 0 Å². The van der Waals surface area contributed by atoms with Crippen LogP contribution in [0.4, 0.5) is 0 Å². The highest BCUT2D eigenvalue weighted by Crippen LogP contribution is 2.23. The summed E-state index contributed by atoms with van der Waals surface area (Å²) in [5.74, 6) is 0.733. The summed E-state index contributed by atoms with van der Waals surface area (Å²) in [7, 11) is 1.93. The van der Waals surface area contributed by atoms with Crippen molar-refractivity contribution in [1.82, 2.24) is 9.78 Å². The summed E-state index contributed by atoms with van der Waals surface area (Å²) in [5, 5.41) is 5.12. The second-order valence-electron chi connectivity index (χ2n) is 4.92. The Balaban J connectivity index is 1.96. The first-order valence-corrected chi connectivity index (χ1v) is 8.02. The minimum absolute atomic E-state index is 0.111. The molecule has 21 heavy (non-hydrogen) atoms. The molecule has 1 atom stereocenters. The summed E-state index contributed by atoms with van der Waals surface area (Å²) in [6, 6.07) is 7.21. The second kappa shape index (κ2) is 7.29. The van der Waals surface area contributed by atoms with Crippen molar-refractivity contribution in [3.8, 4) is 5.75 Å². The van der Waals surface area contributed by atoms with Gasteiger partial charge >= 0.3 is 0 Å². The quantitative estimate of drug-likeness (QED) is 0.846. The van der Waals surface area contributed by atoms with Crippen LogP contribution in [0.1, 0.15) is 18.3 Å². The van der Waals surface area contributed by atoms with E-state index >= 15 is 0 Å². The first-order valence-electron chi connectivity index (χ1n) is 6.85. The number of rotatable bonds is 6. The van der Waals surface area contributed by atoms with E-state index in [4.69, 9.17) is 22.1 Å². The molecule has 1 unspecified atom stereocenters. The molecule has 0 saturated carbocycles. The molecule has 6 heteroatoms. The van der Waals surface area contributed by atoms with Crippen LogP contribution in [0.2, 0.25) is 5.02 Å². The first-order chi connectivity index (χ1) is 10.0. The Morgan fingerprint density at radius 1 is 1.48 bits per heavy atom. The van der Waals surface area contributed by atoms with Crippen LogP contribution in [0.15, 0.2) is 28.7 Å². The lowest BCUT2D eigenvalue weighted by Gasteiger charge is -2.14. The molecule has 1 aromatic heterocycles. The van der Waals surface area contributed by atoms with E-state index in [0.29, 0.717) is 18.1 Å². The predicted octanol–water partition coefficient (Wildman–Crippen LogP) is 3.35. The molecule has 0 spiro atoms. The number of aryl methyl sites for hydroxylation is 2. The summed E-state index contributed by atoms with van der Waals surface area (Å²) in [5.41, 5.74) is 8.30. The zero-order valence-corrected chi connectivity index (χ0v) is 14.5. The molecule has 1 aromatic carbocycles. The highest BCUT2D eigenvalue weighted by Gasteiger charge is 2.16. The average molecular weight is 373 g/mol. The molecule has 0 fully saturated rings. The number of hydrogen-bond acceptors (Lipinski definition) is 3. The van der Waals surface area contributed by atoms with Gasteiger partial charge in [-0.15, -0.1) is 0 Å². The number of halogens is 2. The van der Waals surface area contributed by atoms with Crippen LogP contribution < -0.4 is 10.5 Å². The molecule has 0 saturated heterocycles. The van der Waals surface area contributed by atoms with Gasteiger partial charge in [-0.1, -0.05) is 24.6 Å². The van der Waals surface area contributed by atoms with Crippen molar-refractivity contribution < 1.29 is 4.74 Å². The molecule has 0 bridgehead atoms. The van der Waals surface area contributed by atoms with Gasteiger partial charge in [0.05, 0.1) is 15.9 Å². The van der Waals surface area contributed by atoms with E-state index in [0.717, 1.165) is 28.0 Å². The van der Waals surface area contributed by atoms with Gasteiger partial charge in [0.1, 0.15) is 12.4 Å². The molecular weight excluding hydrogens is 354 g/mol. The first kappa shape index (κ1) is 16.3. The van der Waals surface area contributed by atoms with Gasteiger partial charge in [0, 0.05) is 24.5 Å². The largest absolute Gasteiger partial charge is 0.492 e. The van der Waals surface area contributed by atoms with Crippen molar-refractivity contribution in [2.75, 3.05) is 6.61 Å². The molecule has 1 heterocycles. The van der Waals surface area contributed by atoms with Crippen molar-refractivity contribution in [2.24, 2.45) is 12.8 Å². The molecular formula is C15H19BrClN3O. The topological polar surface area (TPSA) is 53.1 Å². The van der Waals surface area contributed by atoms with Gasteiger partial charge in [-0.25, -0.2) is 0 Å². The van der Waals surface area contributed by atoms with E-state index in [9.17, 15) is 0 Å². The van der Waals surface area contributed by atoms with E-state index in [-0.39, 0.29) is 6.04 Å². The third kappa shape index (κ3) is 4.22. The van der Waals surface area contributed by atoms with Crippen LogP contribution in [-0.4, -0.2) is 22.4 Å². The van der Waals surface area contributed by atoms with Crippen molar-refractivity contribution in [3.63, 3.8) is 0 Å². The van der Waals surface area contributed by atoms with Gasteiger partial charge in [0.2, 0.25) is 0 Å². The fourth-order valence-corrected chi connectivity index (χ4v) is 3.07. The van der Waals surface area contributed by atoms with Crippen molar-refractivity contribution in [3.05, 3.63) is 45.1 Å². The summed E-state index contributed by atoms with van der Waals surface area (Å²) in [6.07, 6.45) is 1.59. The predicted molar refractivity (Wildman–Crippen MR) is 88.9 cm³/mol. The number of benzene rings is 1. The maximum absolute atomic E-state index is 6.16. The molecule has 114 valence electrons. The summed E-state index contributed by atoms with van der Waals surface area (Å²) < 4.78 is 8.60. The highest BCUT2D eigenvalue weighted by molar-refractivity contribution is 9.10.